The number of aromatic nitrogens is 2. The zero-order valence-corrected chi connectivity index (χ0v) is 46.4. The van der Waals surface area contributed by atoms with E-state index >= 15 is 0 Å². The smallest absolute Gasteiger partial charge is 0.0915 e. The van der Waals surface area contributed by atoms with Crippen LogP contribution in [-0.2, 0) is 43.5 Å². The zero-order valence-electron chi connectivity index (χ0n) is 36.4. The van der Waals surface area contributed by atoms with Crippen molar-refractivity contribution in [3.05, 3.63) is 133 Å². The number of aliphatic hydroxyl groups excluding tert-OH is 4. The Kier molecular flexibility index (Phi) is 41.9. The molecule has 0 atom stereocenters. The summed E-state index contributed by atoms with van der Waals surface area (Å²) in [5, 5.41) is 85.9. The van der Waals surface area contributed by atoms with Crippen LogP contribution < -0.4 is 20.4 Å². The minimum atomic E-state index is -1.48. The molecule has 4 aromatic carbocycles. The van der Waals surface area contributed by atoms with Crippen molar-refractivity contribution in [2.24, 2.45) is 9.98 Å². The Labute approximate surface area is 436 Å². The predicted molar refractivity (Wildman–Crippen MR) is 236 cm³/mol. The summed E-state index contributed by atoms with van der Waals surface area (Å²) in [7, 11) is -1.22. The van der Waals surface area contributed by atoms with Crippen LogP contribution in [-0.4, -0.2) is 127 Å². The Morgan fingerprint density at radius 2 is 0.803 bits per heavy atom. The van der Waals surface area contributed by atoms with Gasteiger partial charge < -0.3 is 62.8 Å². The molecule has 0 aliphatic rings. The monoisotopic (exact) mass is 1400 g/mol. The SMILES string of the molecule is CS(C)=O.CS(C)=O.[O-2].[O-2].[O-2].[O-2].[O-]CC(CO)(CO)N=Cc1c([O-])ccc2ccccc12.[O-]CC(CO)(CO)N=Cc1c([O-])ccc2ccccc12.[U].[U].c1ccc(-c2ccccn2)nc1. The Balaban J connectivity index is -0.000000254. The van der Waals surface area contributed by atoms with Gasteiger partial charge in [0.05, 0.1) is 48.9 Å². The Bertz CT molecular complexity index is 2110. The second-order valence-electron chi connectivity index (χ2n) is 13.2. The number of benzene rings is 4. The summed E-state index contributed by atoms with van der Waals surface area (Å²) >= 11 is 0. The van der Waals surface area contributed by atoms with E-state index in [9.17, 15) is 49.3 Å². The van der Waals surface area contributed by atoms with Crippen LogP contribution in [0.3, 0.4) is 0 Å². The van der Waals surface area contributed by atoms with E-state index in [0.29, 0.717) is 11.1 Å². The fourth-order valence-corrected chi connectivity index (χ4v) is 4.77. The Morgan fingerprint density at radius 3 is 1.06 bits per heavy atom. The maximum atomic E-state index is 11.9. The van der Waals surface area contributed by atoms with Gasteiger partial charge in [-0.25, -0.2) is 0 Å². The molecule has 0 aliphatic carbocycles. The summed E-state index contributed by atoms with van der Waals surface area (Å²) in [5.41, 5.74) is -0.436. The Morgan fingerprint density at radius 1 is 0.515 bits per heavy atom. The quantitative estimate of drug-likeness (QED) is 0.129. The first-order chi connectivity index (χ1) is 28.7. The van der Waals surface area contributed by atoms with Gasteiger partial charge in [0.25, 0.3) is 0 Å². The van der Waals surface area contributed by atoms with Gasteiger partial charge in [-0.2, -0.15) is 0 Å². The Hall–Kier alpha value is -3.36. The topological polar surface area (TPSA) is 372 Å². The van der Waals surface area contributed by atoms with Crippen LogP contribution in [0.2, 0.25) is 0 Å². The van der Waals surface area contributed by atoms with E-state index in [1.54, 1.807) is 73.8 Å². The van der Waals surface area contributed by atoms with E-state index in [2.05, 4.69) is 20.0 Å². The van der Waals surface area contributed by atoms with Crippen LogP contribution in [0.4, 0.5) is 0 Å². The van der Waals surface area contributed by atoms with E-state index < -0.39 is 72.3 Å². The van der Waals surface area contributed by atoms with Crippen molar-refractivity contribution in [2.45, 2.75) is 11.1 Å². The number of hydrogen-bond donors (Lipinski definition) is 4. The summed E-state index contributed by atoms with van der Waals surface area (Å²) in [4.78, 5) is 16.3. The average Bonchev–Trinajstić information content (AvgIpc) is 3.27. The molecule has 362 valence electrons. The summed E-state index contributed by atoms with van der Waals surface area (Å²) in [6, 6.07) is 32.5. The molecule has 0 fully saturated rings. The molecule has 0 unspecified atom stereocenters. The van der Waals surface area contributed by atoms with Gasteiger partial charge in [0.2, 0.25) is 0 Å². The number of aliphatic imine (C=N–C) groups is 2. The first kappa shape index (κ1) is 71.6. The van der Waals surface area contributed by atoms with Gasteiger partial charge in [-0.1, -0.05) is 96.4 Å². The summed E-state index contributed by atoms with van der Waals surface area (Å²) < 4.78 is 19.1. The minimum Gasteiger partial charge on any atom is -2.00 e. The third kappa shape index (κ3) is 24.1. The molecule has 22 heteroatoms. The summed E-state index contributed by atoms with van der Waals surface area (Å²) in [6.07, 6.45) is 12.6. The molecule has 66 heavy (non-hydrogen) atoms. The van der Waals surface area contributed by atoms with E-state index in [-0.39, 0.29) is 95.6 Å². The van der Waals surface area contributed by atoms with Gasteiger partial charge in [0, 0.05) is 134 Å². The van der Waals surface area contributed by atoms with Gasteiger partial charge in [0.1, 0.15) is 0 Å². The second kappa shape index (κ2) is 38.6. The molecule has 2 aromatic heterocycles. The van der Waals surface area contributed by atoms with E-state index in [0.717, 1.165) is 32.9 Å². The molecule has 0 bridgehead atoms. The number of pyridine rings is 2. The minimum absolute atomic E-state index is 0. The van der Waals surface area contributed by atoms with Crippen LogP contribution in [0.5, 0.6) is 11.5 Å². The molecule has 0 aliphatic heterocycles. The van der Waals surface area contributed by atoms with Crippen molar-refractivity contribution in [1.82, 2.24) is 9.97 Å². The molecule has 4 N–H and O–H groups in total. The normalized spacial score (nSPS) is 10.3. The van der Waals surface area contributed by atoms with Crippen molar-refractivity contribution in [3.8, 4) is 22.9 Å². The van der Waals surface area contributed by atoms with Crippen LogP contribution in [0.25, 0.3) is 32.9 Å². The standard InChI is InChI=1S/2C15H16NO4.C10H8N2.2C2H6OS.4O.2U/c2*17-8-15(9-18,10-19)16-7-13-12-4-2-1-3-11(12)5-6-14(13)20;1-3-7-11-9(5-1)10-6-2-4-8-12-10;2*1-4(2)3;;;;;;/h2*1-7,17-18,20H,8-10H2;1-8H;2*1-2H3;;;;;;/q2*-1;;;;4*-2;;/p-2. The first-order valence-electron chi connectivity index (χ1n) is 18.1. The van der Waals surface area contributed by atoms with Crippen molar-refractivity contribution in [1.29, 1.82) is 0 Å². The van der Waals surface area contributed by atoms with Gasteiger partial charge in [-0.3, -0.25) is 28.4 Å². The summed E-state index contributed by atoms with van der Waals surface area (Å²) in [6.45, 7) is -3.78. The zero-order chi connectivity index (χ0) is 44.6. The second-order valence-corrected chi connectivity index (χ2v) is 16.2. The van der Waals surface area contributed by atoms with Crippen LogP contribution in [0.15, 0.2) is 132 Å². The van der Waals surface area contributed by atoms with Crippen LogP contribution in [0.1, 0.15) is 11.1 Å². The molecule has 6 aromatic rings. The van der Waals surface area contributed by atoms with Crippen molar-refractivity contribution >= 4 is 55.6 Å². The van der Waals surface area contributed by atoms with E-state index in [1.807, 2.05) is 60.7 Å². The molecule has 0 saturated carbocycles. The molecular formula is C44H50N4O14S2U2-12. The van der Waals surface area contributed by atoms with E-state index in [4.69, 9.17) is 0 Å². The molecule has 2 heterocycles. The number of hydrogen-bond acceptors (Lipinski definition) is 14. The molecule has 0 radical (unpaired) electrons. The predicted octanol–water partition coefficient (Wildman–Crippen LogP) is 0.490. The third-order valence-corrected chi connectivity index (χ3v) is 8.10. The number of rotatable bonds is 11. The first-order valence-corrected chi connectivity index (χ1v) is 22.1. The molecule has 6 rings (SSSR count). The molecule has 0 spiro atoms. The maximum Gasteiger partial charge on any atom is 0.0915 e. The number of nitrogens with zero attached hydrogens (tertiary/aromatic N) is 4. The number of fused-ring (bicyclic) bond motifs is 2. The van der Waals surface area contributed by atoms with Crippen molar-refractivity contribution < 1.29 is 133 Å². The third-order valence-electron chi connectivity index (χ3n) is 8.10. The van der Waals surface area contributed by atoms with Gasteiger partial charge in [0.15, 0.2) is 0 Å². The van der Waals surface area contributed by atoms with Crippen molar-refractivity contribution in [3.63, 3.8) is 0 Å². The molecule has 18 nitrogen and oxygen atoms in total. The van der Waals surface area contributed by atoms with Crippen LogP contribution >= 0.6 is 0 Å². The largest absolute Gasteiger partial charge is 2.00 e. The summed E-state index contributed by atoms with van der Waals surface area (Å²) in [5.74, 6) is -0.439. The number of aliphatic hydroxyl groups is 4. The van der Waals surface area contributed by atoms with Crippen LogP contribution in [0, 0.1) is 62.2 Å². The molecular weight excluding hydrogens is 1350 g/mol. The van der Waals surface area contributed by atoms with E-state index in [1.165, 1.54) is 24.6 Å². The maximum absolute atomic E-state index is 11.9. The molecule has 0 saturated heterocycles. The molecule has 0 amide bonds. The average molecular weight is 1400 g/mol. The van der Waals surface area contributed by atoms with Gasteiger partial charge in [-0.15, -0.1) is 13.2 Å². The van der Waals surface area contributed by atoms with Gasteiger partial charge >= 0.3 is 0 Å². The van der Waals surface area contributed by atoms with Gasteiger partial charge in [-0.05, 0) is 56.9 Å². The fourth-order valence-electron chi connectivity index (χ4n) is 4.77. The van der Waals surface area contributed by atoms with Crippen molar-refractivity contribution in [2.75, 3.05) is 64.7 Å². The fraction of sp³-hybridized carbons (Fsp3) is 0.273.